The Labute approximate surface area is 468 Å². The van der Waals surface area contributed by atoms with Gasteiger partial charge in [0.25, 0.3) is 50.6 Å². The van der Waals surface area contributed by atoms with Crippen LogP contribution in [0.3, 0.4) is 0 Å². The summed E-state index contributed by atoms with van der Waals surface area (Å²) < 4.78 is 191. The molecule has 0 radical (unpaired) electrons. The van der Waals surface area contributed by atoms with Crippen molar-refractivity contribution < 1.29 is 81.6 Å². The summed E-state index contributed by atoms with van der Waals surface area (Å²) in [6, 6.07) is 16.7. The second-order valence-corrected chi connectivity index (χ2v) is 27.0. The highest BCUT2D eigenvalue weighted by molar-refractivity contribution is 7.91. The van der Waals surface area contributed by atoms with E-state index in [0.717, 1.165) is 70.9 Å². The number of halogens is 1. The predicted octanol–water partition coefficient (Wildman–Crippen LogP) is 7.00. The van der Waals surface area contributed by atoms with E-state index in [1.54, 1.807) is 13.0 Å². The fraction of sp³-hybridized carbons (Fsp3) is 0.222. The molecule has 0 aliphatic heterocycles. The number of aromatic hydroxyl groups is 1. The fourth-order valence-corrected chi connectivity index (χ4v) is 13.3. The summed E-state index contributed by atoms with van der Waals surface area (Å²) in [5, 5.41) is 29.2. The number of rotatable bonds is 23. The van der Waals surface area contributed by atoms with Gasteiger partial charge in [0.2, 0.25) is 17.2 Å². The van der Waals surface area contributed by atoms with Gasteiger partial charge in [0.05, 0.1) is 56.8 Å². The number of benzene rings is 6. The van der Waals surface area contributed by atoms with Crippen molar-refractivity contribution in [2.45, 2.75) is 37.2 Å². The molecule has 1 heterocycles. The molecule has 29 nitrogen and oxygen atoms in total. The number of azo groups is 2. The van der Waals surface area contributed by atoms with Crippen molar-refractivity contribution in [3.8, 4) is 5.75 Å². The summed E-state index contributed by atoms with van der Waals surface area (Å²) in [6.07, 6.45) is 0. The number of aromatic nitrogens is 3. The Morgan fingerprint density at radius 3 is 1.93 bits per heavy atom. The summed E-state index contributed by atoms with van der Waals surface area (Å²) >= 11 is 6.36. The molecule has 5 N–H and O–H groups in total. The number of hydrogen-bond acceptors (Lipinski definition) is 28. The number of phenols is 1. The molecule has 0 saturated heterocycles. The lowest BCUT2D eigenvalue weighted by Gasteiger charge is -2.22. The summed E-state index contributed by atoms with van der Waals surface area (Å²) in [6.45, 7) is 1.86. The molecular weight excluding hydrogens is 1210 g/mol. The molecule has 0 spiro atoms. The maximum atomic E-state index is 13.6. The first-order chi connectivity index (χ1) is 38.0. The van der Waals surface area contributed by atoms with E-state index in [1.165, 1.54) is 48.4 Å². The molecule has 0 saturated carbocycles. The van der Waals surface area contributed by atoms with Gasteiger partial charge in [0.1, 0.15) is 48.1 Å². The fourth-order valence-electron chi connectivity index (χ4n) is 7.84. The van der Waals surface area contributed by atoms with Crippen molar-refractivity contribution in [2.24, 2.45) is 20.5 Å². The number of phenolic OH excluding ortho intramolecular Hbond substituents is 1. The number of nitrogens with two attached hydrogens (primary N) is 1. The zero-order chi connectivity index (χ0) is 59.6. The van der Waals surface area contributed by atoms with Gasteiger partial charge in [-0.2, -0.15) is 57.0 Å². The van der Waals surface area contributed by atoms with Crippen LogP contribution in [0.5, 0.6) is 5.75 Å². The maximum Gasteiger partial charge on any atom is 0.299 e. The lowest BCUT2D eigenvalue weighted by molar-refractivity contribution is 0.217. The van der Waals surface area contributed by atoms with Gasteiger partial charge in [0, 0.05) is 41.4 Å². The summed E-state index contributed by atoms with van der Waals surface area (Å²) in [5.41, 5.74) is 2.86. The number of fused-ring (bicyclic) bond motifs is 2. The summed E-state index contributed by atoms with van der Waals surface area (Å²) in [4.78, 5) is 11.5. The van der Waals surface area contributed by atoms with Gasteiger partial charge >= 0.3 is 0 Å². The van der Waals surface area contributed by atoms with Crippen LogP contribution in [0.2, 0.25) is 5.28 Å². The minimum absolute atomic E-state index is 0.00843. The standard InChI is InChI=1S/C45H45ClN10O19S6/c1-7-56(28-10-8-11-29(23-28)76(58,59)19-18-71-2)45-50-43(46)49-44(51-45)48-27-14-17-35(79(65,66)73-4)33(22-27)53-55-40-36(80(67,68)74-5)21-25-20-26(24-77(60,61)62)39(41(57)37(25)38(40)47)54-52-32-16-15-30-31(42(32)81(69,70)75-6)12-9-13-34(30)78(63,64)72-3/h8-17,20-23,57H,7,18-19,24,47H2,1-6H3,(H,60,61,62)(H,48,49,50,51). The number of anilines is 5. The van der Waals surface area contributed by atoms with Gasteiger partial charge in [-0.05, 0) is 84.6 Å². The largest absolute Gasteiger partial charge is 0.505 e. The smallest absolute Gasteiger partial charge is 0.299 e. The number of nitrogen functional groups attached to an aromatic ring is 1. The normalized spacial score (nSPS) is 13.0. The SMILES string of the molecule is CCN(c1cccc(S(=O)(=O)CCOC)c1)c1nc(Cl)nc(Nc2ccc(S(=O)(=O)OC)c(N=Nc3c(S(=O)(=O)OC)cc4cc(CS(=O)(=O)O)c(N=Nc5ccc6c(S(=O)(=O)OC)cccc6c5S(=O)(=O)OC)c(O)c4c3N)c2)n1. The van der Waals surface area contributed by atoms with Crippen molar-refractivity contribution >= 4 is 145 Å². The van der Waals surface area contributed by atoms with Gasteiger partial charge in [-0.15, -0.1) is 20.5 Å². The van der Waals surface area contributed by atoms with Crippen LogP contribution >= 0.6 is 11.6 Å². The maximum absolute atomic E-state index is 13.6. The van der Waals surface area contributed by atoms with E-state index in [4.69, 9.17) is 34.6 Å². The Morgan fingerprint density at radius 2 is 1.28 bits per heavy atom. The molecule has 0 aliphatic rings. The van der Waals surface area contributed by atoms with Gasteiger partial charge < -0.3 is 25.8 Å². The number of nitrogens with one attached hydrogen (secondary N) is 1. The Kier molecular flexibility index (Phi) is 18.1. The van der Waals surface area contributed by atoms with E-state index in [9.17, 15) is 60.2 Å². The second-order valence-electron chi connectivity index (χ2n) is 16.4. The quantitative estimate of drug-likeness (QED) is 0.0217. The lowest BCUT2D eigenvalue weighted by atomic mass is 10.0. The van der Waals surface area contributed by atoms with E-state index >= 15 is 0 Å². The summed E-state index contributed by atoms with van der Waals surface area (Å²) in [7, 11) is -23.0. The molecule has 7 rings (SSSR count). The van der Waals surface area contributed by atoms with Crippen LogP contribution in [0, 0.1) is 0 Å². The molecule has 1 aromatic heterocycles. The first kappa shape index (κ1) is 61.6. The molecular formula is C45H45ClN10O19S6. The molecule has 0 bridgehead atoms. The van der Waals surface area contributed by atoms with Gasteiger partial charge in [-0.1, -0.05) is 24.3 Å². The van der Waals surface area contributed by atoms with E-state index in [0.29, 0.717) is 5.69 Å². The van der Waals surface area contributed by atoms with Gasteiger partial charge in [-0.25, -0.2) is 8.42 Å². The van der Waals surface area contributed by atoms with E-state index in [2.05, 4.69) is 44.9 Å². The molecule has 81 heavy (non-hydrogen) atoms. The minimum Gasteiger partial charge on any atom is -0.505 e. The first-order valence-corrected chi connectivity index (χ1v) is 31.8. The first-order valence-electron chi connectivity index (χ1n) is 22.6. The minimum atomic E-state index is -5.04. The Balaban J connectivity index is 1.38. The third-order valence-corrected chi connectivity index (χ3v) is 19.4. The predicted molar refractivity (Wildman–Crippen MR) is 292 cm³/mol. The number of sulfone groups is 1. The highest BCUT2D eigenvalue weighted by atomic mass is 35.5. The van der Waals surface area contributed by atoms with Crippen molar-refractivity contribution in [3.63, 3.8) is 0 Å². The van der Waals surface area contributed by atoms with Gasteiger partial charge in [-0.3, -0.25) is 21.3 Å². The average molecular weight is 1260 g/mol. The van der Waals surface area contributed by atoms with Crippen LogP contribution in [0.15, 0.2) is 130 Å². The van der Waals surface area contributed by atoms with Crippen LogP contribution in [0.4, 0.5) is 51.7 Å². The molecule has 0 unspecified atom stereocenters. The molecule has 6 aromatic carbocycles. The molecule has 0 amide bonds. The van der Waals surface area contributed by atoms with Crippen LogP contribution in [0.25, 0.3) is 21.5 Å². The average Bonchev–Trinajstić information content (AvgIpc) is 3.54. The highest BCUT2D eigenvalue weighted by Gasteiger charge is 2.30. The van der Waals surface area contributed by atoms with Gasteiger partial charge in [0.15, 0.2) is 15.6 Å². The molecule has 36 heteroatoms. The second kappa shape index (κ2) is 23.8. The zero-order valence-electron chi connectivity index (χ0n) is 42.7. The molecule has 0 atom stereocenters. The lowest BCUT2D eigenvalue weighted by Crippen LogP contribution is -2.20. The Hall–Kier alpha value is -7.00. The van der Waals surface area contributed by atoms with Crippen molar-refractivity contribution in [2.75, 3.05) is 70.4 Å². The van der Waals surface area contributed by atoms with E-state index in [1.807, 2.05) is 0 Å². The van der Waals surface area contributed by atoms with Crippen molar-refractivity contribution in [1.82, 2.24) is 15.0 Å². The van der Waals surface area contributed by atoms with E-state index < -0.39 is 131 Å². The van der Waals surface area contributed by atoms with Crippen molar-refractivity contribution in [1.29, 1.82) is 0 Å². The Bertz CT molecular complexity index is 4440. The third-order valence-electron chi connectivity index (χ3n) is 11.6. The number of nitrogens with zero attached hydrogens (tertiary/aromatic N) is 8. The topological polar surface area (TPSA) is 421 Å². The Morgan fingerprint density at radius 1 is 0.654 bits per heavy atom. The van der Waals surface area contributed by atoms with E-state index in [-0.39, 0.29) is 62.8 Å². The monoisotopic (exact) mass is 1260 g/mol. The van der Waals surface area contributed by atoms with Crippen LogP contribution in [-0.4, -0.2) is 130 Å². The number of methoxy groups -OCH3 is 1. The van der Waals surface area contributed by atoms with Crippen molar-refractivity contribution in [3.05, 3.63) is 95.8 Å². The van der Waals surface area contributed by atoms with Crippen LogP contribution in [0.1, 0.15) is 12.5 Å². The highest BCUT2D eigenvalue weighted by Crippen LogP contribution is 2.49. The summed E-state index contributed by atoms with van der Waals surface area (Å²) in [5.74, 6) is -2.98. The molecule has 7 aromatic rings. The third kappa shape index (κ3) is 13.2. The molecule has 0 aliphatic carbocycles. The number of ether oxygens (including phenoxy) is 1. The zero-order valence-corrected chi connectivity index (χ0v) is 48.4. The molecule has 0 fully saturated rings. The van der Waals surface area contributed by atoms with Crippen LogP contribution < -0.4 is 16.0 Å². The van der Waals surface area contributed by atoms with Crippen LogP contribution in [-0.2, 0) is 87.6 Å². The number of hydrogen-bond donors (Lipinski definition) is 4. The molecule has 432 valence electrons.